The zero-order valence-corrected chi connectivity index (χ0v) is 21.8. The van der Waals surface area contributed by atoms with Crippen LogP contribution in [0.25, 0.3) is 76.7 Å². The Morgan fingerprint density at radius 2 is 1.02 bits per heavy atom. The van der Waals surface area contributed by atoms with Gasteiger partial charge in [0, 0.05) is 32.6 Å². The Labute approximate surface area is 230 Å². The summed E-state index contributed by atoms with van der Waals surface area (Å²) >= 11 is 0. The summed E-state index contributed by atoms with van der Waals surface area (Å²) in [6.07, 6.45) is 0. The second-order valence-corrected chi connectivity index (χ2v) is 10.6. The molecule has 0 amide bonds. The predicted molar refractivity (Wildman–Crippen MR) is 170 cm³/mol. The third-order valence-corrected chi connectivity index (χ3v) is 8.45. The number of fused-ring (bicyclic) bond motifs is 12. The first-order valence-electron chi connectivity index (χ1n) is 13.8. The molecule has 0 aliphatic heterocycles. The van der Waals surface area contributed by atoms with Crippen LogP contribution < -0.4 is 0 Å². The predicted octanol–water partition coefficient (Wildman–Crippen LogP) is 10.2. The fourth-order valence-electron chi connectivity index (χ4n) is 6.76. The van der Waals surface area contributed by atoms with Crippen LogP contribution in [0.15, 0.2) is 146 Å². The third-order valence-electron chi connectivity index (χ3n) is 8.45. The van der Waals surface area contributed by atoms with Crippen LogP contribution in [0, 0.1) is 0 Å². The highest BCUT2D eigenvalue weighted by molar-refractivity contribution is 6.28. The van der Waals surface area contributed by atoms with E-state index in [-0.39, 0.29) is 0 Å². The molecule has 40 heavy (non-hydrogen) atoms. The molecule has 2 heteroatoms. The molecule has 0 saturated heterocycles. The van der Waals surface area contributed by atoms with Gasteiger partial charge in [0.2, 0.25) is 0 Å². The van der Waals surface area contributed by atoms with Crippen LogP contribution in [0.2, 0.25) is 0 Å². The summed E-state index contributed by atoms with van der Waals surface area (Å²) in [6, 6.07) is 53.0. The summed E-state index contributed by atoms with van der Waals surface area (Å²) in [4.78, 5) is 0. The maximum absolute atomic E-state index is 2.48. The molecule has 0 bridgehead atoms. The Morgan fingerprint density at radius 1 is 0.375 bits per heavy atom. The molecule has 0 N–H and O–H groups in total. The molecule has 0 saturated carbocycles. The van der Waals surface area contributed by atoms with Gasteiger partial charge in [0.25, 0.3) is 0 Å². The van der Waals surface area contributed by atoms with E-state index in [4.69, 9.17) is 0 Å². The quantitative estimate of drug-likeness (QED) is 0.206. The van der Waals surface area contributed by atoms with Gasteiger partial charge in [-0.05, 0) is 52.9 Å². The van der Waals surface area contributed by atoms with E-state index >= 15 is 0 Å². The van der Waals surface area contributed by atoms with Crippen molar-refractivity contribution in [1.29, 1.82) is 0 Å². The van der Waals surface area contributed by atoms with E-state index in [1.54, 1.807) is 0 Å². The number of hydrogen-bond donors (Lipinski definition) is 0. The normalized spacial score (nSPS) is 12.0. The molecule has 9 rings (SSSR count). The van der Waals surface area contributed by atoms with Crippen molar-refractivity contribution in [3.05, 3.63) is 146 Å². The zero-order valence-electron chi connectivity index (χ0n) is 21.8. The number of nitrogens with zero attached hydrogens (tertiary/aromatic N) is 2. The molecule has 0 spiro atoms. The summed E-state index contributed by atoms with van der Waals surface area (Å²) in [5, 5.41) is 7.63. The molecule has 0 fully saturated rings. The van der Waals surface area contributed by atoms with Crippen LogP contribution in [0.4, 0.5) is 0 Å². The minimum Gasteiger partial charge on any atom is -0.309 e. The summed E-state index contributed by atoms with van der Waals surface area (Å²) in [5.41, 5.74) is 9.79. The van der Waals surface area contributed by atoms with Crippen molar-refractivity contribution in [3.63, 3.8) is 0 Å². The summed E-state index contributed by atoms with van der Waals surface area (Å²) in [6.45, 7) is 0. The maximum atomic E-state index is 2.48. The highest BCUT2D eigenvalue weighted by atomic mass is 15.0. The lowest BCUT2D eigenvalue weighted by atomic mass is 10.0. The SMILES string of the molecule is c1ccc(-c2cccc(-n3c4ccccc4c4ccc5c6ccccc6n6c7ccccc7cc6c5c43)c2)cc1. The van der Waals surface area contributed by atoms with Crippen molar-refractivity contribution in [2.45, 2.75) is 0 Å². The van der Waals surface area contributed by atoms with E-state index in [2.05, 4.69) is 155 Å². The van der Waals surface area contributed by atoms with E-state index in [0.29, 0.717) is 0 Å². The van der Waals surface area contributed by atoms with Crippen molar-refractivity contribution in [3.8, 4) is 16.8 Å². The largest absolute Gasteiger partial charge is 0.309 e. The number of rotatable bonds is 2. The molecule has 9 aromatic rings. The van der Waals surface area contributed by atoms with Crippen molar-refractivity contribution in [2.75, 3.05) is 0 Å². The van der Waals surface area contributed by atoms with E-state index in [9.17, 15) is 0 Å². The Hall–Kier alpha value is -5.34. The Bertz CT molecular complexity index is 2420. The average molecular weight is 509 g/mol. The van der Waals surface area contributed by atoms with Crippen LogP contribution in [0.3, 0.4) is 0 Å². The van der Waals surface area contributed by atoms with E-state index < -0.39 is 0 Å². The van der Waals surface area contributed by atoms with Gasteiger partial charge in [0.05, 0.1) is 27.6 Å². The van der Waals surface area contributed by atoms with Crippen molar-refractivity contribution < 1.29 is 0 Å². The van der Waals surface area contributed by atoms with Crippen molar-refractivity contribution in [2.24, 2.45) is 0 Å². The topological polar surface area (TPSA) is 9.34 Å². The van der Waals surface area contributed by atoms with Gasteiger partial charge in [0.1, 0.15) is 0 Å². The molecule has 0 unspecified atom stereocenters. The minimum absolute atomic E-state index is 1.17. The molecule has 186 valence electrons. The van der Waals surface area contributed by atoms with Crippen LogP contribution in [0.5, 0.6) is 0 Å². The van der Waals surface area contributed by atoms with Crippen molar-refractivity contribution in [1.82, 2.24) is 8.97 Å². The van der Waals surface area contributed by atoms with Crippen LogP contribution >= 0.6 is 0 Å². The highest BCUT2D eigenvalue weighted by Crippen LogP contribution is 2.42. The van der Waals surface area contributed by atoms with Gasteiger partial charge in [-0.3, -0.25) is 0 Å². The zero-order chi connectivity index (χ0) is 26.2. The van der Waals surface area contributed by atoms with Crippen molar-refractivity contribution >= 4 is 59.9 Å². The molecule has 0 aliphatic rings. The second kappa shape index (κ2) is 8.08. The van der Waals surface area contributed by atoms with E-state index in [1.165, 1.54) is 76.7 Å². The Morgan fingerprint density at radius 3 is 1.88 bits per heavy atom. The fraction of sp³-hybridized carbons (Fsp3) is 0. The summed E-state index contributed by atoms with van der Waals surface area (Å²) in [5.74, 6) is 0. The lowest BCUT2D eigenvalue weighted by molar-refractivity contribution is 1.19. The molecule has 2 nitrogen and oxygen atoms in total. The third kappa shape index (κ3) is 2.88. The second-order valence-electron chi connectivity index (χ2n) is 10.6. The standard InChI is InChI=1S/C38H24N2/c1-2-11-25(12-3-1)26-14-10-15-28(23-26)39-34-19-8-6-17-30(34)32-22-21-31-29-16-5-9-20-35(29)40-33-18-7-4-13-27(33)24-36(40)37(31)38(32)39/h1-24H. The highest BCUT2D eigenvalue weighted by Gasteiger charge is 2.20. The summed E-state index contributed by atoms with van der Waals surface area (Å²) in [7, 11) is 0. The lowest BCUT2D eigenvalue weighted by Gasteiger charge is -2.15. The molecule has 0 aliphatic carbocycles. The Kier molecular flexibility index (Phi) is 4.36. The van der Waals surface area contributed by atoms with Crippen LogP contribution in [-0.4, -0.2) is 8.97 Å². The number of pyridine rings is 1. The molecule has 6 aromatic carbocycles. The number of benzene rings is 6. The smallest absolute Gasteiger partial charge is 0.0640 e. The Balaban J connectivity index is 1.53. The molecule has 0 radical (unpaired) electrons. The summed E-state index contributed by atoms with van der Waals surface area (Å²) < 4.78 is 4.93. The first kappa shape index (κ1) is 21.6. The average Bonchev–Trinajstić information content (AvgIpc) is 3.58. The van der Waals surface area contributed by atoms with Gasteiger partial charge < -0.3 is 8.97 Å². The van der Waals surface area contributed by atoms with Gasteiger partial charge in [0.15, 0.2) is 0 Å². The molecular formula is C38H24N2. The van der Waals surface area contributed by atoms with E-state index in [0.717, 1.165) is 0 Å². The van der Waals surface area contributed by atoms with Crippen LogP contribution in [0.1, 0.15) is 0 Å². The maximum Gasteiger partial charge on any atom is 0.0640 e. The van der Waals surface area contributed by atoms with Gasteiger partial charge in [-0.25, -0.2) is 0 Å². The molecular weight excluding hydrogens is 484 g/mol. The number of hydrogen-bond acceptors (Lipinski definition) is 0. The first-order chi connectivity index (χ1) is 19.9. The van der Waals surface area contributed by atoms with Gasteiger partial charge in [-0.15, -0.1) is 0 Å². The van der Waals surface area contributed by atoms with Crippen LogP contribution in [-0.2, 0) is 0 Å². The monoisotopic (exact) mass is 508 g/mol. The number of aromatic nitrogens is 2. The van der Waals surface area contributed by atoms with Gasteiger partial charge >= 0.3 is 0 Å². The number of para-hydroxylation sites is 3. The van der Waals surface area contributed by atoms with E-state index in [1.807, 2.05) is 0 Å². The first-order valence-corrected chi connectivity index (χ1v) is 13.8. The van der Waals surface area contributed by atoms with Gasteiger partial charge in [-0.2, -0.15) is 0 Å². The molecule has 0 atom stereocenters. The molecule has 3 heterocycles. The van der Waals surface area contributed by atoms with Gasteiger partial charge in [-0.1, -0.05) is 109 Å². The molecule has 3 aromatic heterocycles. The lowest BCUT2D eigenvalue weighted by Crippen LogP contribution is -1.97. The minimum atomic E-state index is 1.17. The fourth-order valence-corrected chi connectivity index (χ4v) is 6.76.